The Kier molecular flexibility index (Phi) is 6.91. The van der Waals surface area contributed by atoms with Gasteiger partial charge < -0.3 is 10.2 Å². The topological polar surface area (TPSA) is 62.3 Å². The second-order valence-electron chi connectivity index (χ2n) is 8.96. The maximum Gasteiger partial charge on any atom is 0.226 e. The molecule has 0 spiro atoms. The summed E-state index contributed by atoms with van der Waals surface area (Å²) in [6.07, 6.45) is 5.63. The van der Waals surface area contributed by atoms with Crippen LogP contribution < -0.4 is 5.32 Å². The molecule has 2 aromatic rings. The average molecular weight is 408 g/mol. The van der Waals surface area contributed by atoms with Gasteiger partial charge in [0.2, 0.25) is 11.8 Å². The lowest BCUT2D eigenvalue weighted by atomic mass is 9.71. The Bertz CT molecular complexity index is 869. The minimum atomic E-state index is -0.518. The summed E-state index contributed by atoms with van der Waals surface area (Å²) in [6.45, 7) is 9.09. The zero-order chi connectivity index (χ0) is 21.7. The minimum absolute atomic E-state index is 0.0201. The number of hydrogen-bond donors (Lipinski definition) is 1. The maximum atomic E-state index is 13.4. The van der Waals surface area contributed by atoms with Crippen LogP contribution in [0.2, 0.25) is 0 Å². The fourth-order valence-corrected chi connectivity index (χ4v) is 4.26. The fraction of sp³-hybridized carbons (Fsp3) is 0.480. The Morgan fingerprint density at radius 2 is 1.77 bits per heavy atom. The molecule has 1 aromatic heterocycles. The number of hydrogen-bond acceptors (Lipinski definition) is 3. The van der Waals surface area contributed by atoms with E-state index in [1.807, 2.05) is 57.0 Å². The molecule has 2 heterocycles. The Balaban J connectivity index is 1.91. The van der Waals surface area contributed by atoms with Crippen molar-refractivity contribution in [2.75, 3.05) is 13.1 Å². The predicted molar refractivity (Wildman–Crippen MR) is 120 cm³/mol. The molecule has 1 saturated heterocycles. The molecule has 0 radical (unpaired) electrons. The van der Waals surface area contributed by atoms with E-state index in [1.54, 1.807) is 6.20 Å². The molecule has 3 rings (SSSR count). The van der Waals surface area contributed by atoms with Gasteiger partial charge >= 0.3 is 0 Å². The van der Waals surface area contributed by atoms with E-state index < -0.39 is 5.41 Å². The van der Waals surface area contributed by atoms with Crippen LogP contribution in [0.1, 0.15) is 46.1 Å². The molecule has 1 aliphatic rings. The van der Waals surface area contributed by atoms with Gasteiger partial charge in [0.05, 0.1) is 5.41 Å². The molecule has 0 unspecified atom stereocenters. The third-order valence-electron chi connectivity index (χ3n) is 5.95. The number of likely N-dealkylation sites (tertiary alicyclic amines) is 1. The van der Waals surface area contributed by atoms with Crippen LogP contribution in [0.15, 0.2) is 48.8 Å². The number of pyridine rings is 1. The summed E-state index contributed by atoms with van der Waals surface area (Å²) in [6, 6.07) is 12.3. The number of amides is 2. The summed E-state index contributed by atoms with van der Waals surface area (Å²) in [5.41, 5.74) is 2.80. The molecular formula is C25H33N3O2. The average Bonchev–Trinajstić information content (AvgIpc) is 2.74. The van der Waals surface area contributed by atoms with Crippen molar-refractivity contribution < 1.29 is 9.59 Å². The van der Waals surface area contributed by atoms with Crippen LogP contribution in [0.3, 0.4) is 0 Å². The van der Waals surface area contributed by atoms with Gasteiger partial charge in [-0.2, -0.15) is 0 Å². The van der Waals surface area contributed by atoms with Crippen LogP contribution >= 0.6 is 0 Å². The Hall–Kier alpha value is -2.69. The molecule has 30 heavy (non-hydrogen) atoms. The predicted octanol–water partition coefficient (Wildman–Crippen LogP) is 4.08. The van der Waals surface area contributed by atoms with Crippen LogP contribution in [0.25, 0.3) is 11.1 Å². The largest absolute Gasteiger partial charge is 0.353 e. The first kappa shape index (κ1) is 22.0. The number of carbonyl (C=O) groups excluding carboxylic acids is 2. The SMILES string of the molecule is CC(C)NC(=O)C1(Cc2ccccc2-c2cccnc2)CCN(C(=O)C(C)C)CC1. The number of benzene rings is 1. The summed E-state index contributed by atoms with van der Waals surface area (Å²) < 4.78 is 0. The zero-order valence-electron chi connectivity index (χ0n) is 18.5. The Labute approximate surface area is 179 Å². The van der Waals surface area contributed by atoms with Crippen molar-refractivity contribution in [1.29, 1.82) is 0 Å². The second-order valence-corrected chi connectivity index (χ2v) is 8.96. The first-order valence-corrected chi connectivity index (χ1v) is 10.9. The van der Waals surface area contributed by atoms with Gasteiger partial charge in [0.15, 0.2) is 0 Å². The highest BCUT2D eigenvalue weighted by Crippen LogP contribution is 2.38. The van der Waals surface area contributed by atoms with Gasteiger partial charge in [-0.3, -0.25) is 14.6 Å². The smallest absolute Gasteiger partial charge is 0.226 e. The van der Waals surface area contributed by atoms with E-state index in [9.17, 15) is 9.59 Å². The first-order valence-electron chi connectivity index (χ1n) is 10.9. The molecule has 1 aromatic carbocycles. The molecular weight excluding hydrogens is 374 g/mol. The molecule has 0 atom stereocenters. The van der Waals surface area contributed by atoms with Gasteiger partial charge in [-0.1, -0.05) is 44.2 Å². The van der Waals surface area contributed by atoms with Gasteiger partial charge in [-0.25, -0.2) is 0 Å². The lowest BCUT2D eigenvalue weighted by molar-refractivity contribution is -0.142. The summed E-state index contributed by atoms with van der Waals surface area (Å²) in [4.78, 5) is 32.0. The number of rotatable bonds is 6. The van der Waals surface area contributed by atoms with Crippen molar-refractivity contribution >= 4 is 11.8 Å². The van der Waals surface area contributed by atoms with Gasteiger partial charge in [0, 0.05) is 43.0 Å². The normalized spacial score (nSPS) is 16.0. The number of piperidine rings is 1. The molecule has 1 N–H and O–H groups in total. The van der Waals surface area contributed by atoms with E-state index in [4.69, 9.17) is 0 Å². The quantitative estimate of drug-likeness (QED) is 0.785. The van der Waals surface area contributed by atoms with Crippen molar-refractivity contribution in [2.24, 2.45) is 11.3 Å². The summed E-state index contributed by atoms with van der Waals surface area (Å²) in [7, 11) is 0. The minimum Gasteiger partial charge on any atom is -0.353 e. The van der Waals surface area contributed by atoms with Crippen LogP contribution in [0, 0.1) is 11.3 Å². The molecule has 2 amide bonds. The maximum absolute atomic E-state index is 13.4. The van der Waals surface area contributed by atoms with E-state index in [-0.39, 0.29) is 23.8 Å². The van der Waals surface area contributed by atoms with Gasteiger partial charge in [0.1, 0.15) is 0 Å². The molecule has 0 bridgehead atoms. The van der Waals surface area contributed by atoms with Crippen molar-refractivity contribution in [2.45, 2.75) is 53.0 Å². The summed E-state index contributed by atoms with van der Waals surface area (Å²) in [5, 5.41) is 3.14. The Morgan fingerprint density at radius 3 is 2.37 bits per heavy atom. The number of aromatic nitrogens is 1. The van der Waals surface area contributed by atoms with Crippen LogP contribution in [-0.4, -0.2) is 40.8 Å². The molecule has 0 aliphatic carbocycles. The van der Waals surface area contributed by atoms with E-state index in [0.717, 1.165) is 16.7 Å². The second kappa shape index (κ2) is 9.41. The zero-order valence-corrected chi connectivity index (χ0v) is 18.5. The molecule has 160 valence electrons. The van der Waals surface area contributed by atoms with E-state index in [0.29, 0.717) is 32.4 Å². The third kappa shape index (κ3) is 4.89. The third-order valence-corrected chi connectivity index (χ3v) is 5.95. The molecule has 0 saturated carbocycles. The van der Waals surface area contributed by atoms with Crippen LogP contribution in [0.4, 0.5) is 0 Å². The fourth-order valence-electron chi connectivity index (χ4n) is 4.26. The van der Waals surface area contributed by atoms with E-state index >= 15 is 0 Å². The lowest BCUT2D eigenvalue weighted by Crippen LogP contribution is -2.53. The molecule has 5 nitrogen and oxygen atoms in total. The first-order chi connectivity index (χ1) is 14.3. The number of nitrogens with one attached hydrogen (secondary N) is 1. The van der Waals surface area contributed by atoms with E-state index in [1.165, 1.54) is 0 Å². The van der Waals surface area contributed by atoms with Crippen LogP contribution in [0.5, 0.6) is 0 Å². The highest BCUT2D eigenvalue weighted by Gasteiger charge is 2.43. The van der Waals surface area contributed by atoms with E-state index in [2.05, 4.69) is 28.5 Å². The van der Waals surface area contributed by atoms with Gasteiger partial charge in [0.25, 0.3) is 0 Å². The molecule has 5 heteroatoms. The molecule has 1 fully saturated rings. The van der Waals surface area contributed by atoms with Gasteiger partial charge in [-0.15, -0.1) is 0 Å². The number of carbonyl (C=O) groups is 2. The molecule has 1 aliphatic heterocycles. The van der Waals surface area contributed by atoms with Crippen LogP contribution in [-0.2, 0) is 16.0 Å². The summed E-state index contributed by atoms with van der Waals surface area (Å²) >= 11 is 0. The van der Waals surface area contributed by atoms with Crippen molar-refractivity contribution in [3.05, 3.63) is 54.4 Å². The highest BCUT2D eigenvalue weighted by molar-refractivity contribution is 5.85. The van der Waals surface area contributed by atoms with Crippen molar-refractivity contribution in [3.63, 3.8) is 0 Å². The highest BCUT2D eigenvalue weighted by atomic mass is 16.2. The Morgan fingerprint density at radius 1 is 1.07 bits per heavy atom. The standard InChI is InChI=1S/C25H33N3O2/c1-18(2)23(29)28-14-11-25(12-15-28,24(30)27-19(3)4)16-20-8-5-6-10-22(20)21-9-7-13-26-17-21/h5-10,13,17-19H,11-12,14-16H2,1-4H3,(H,27,30). The van der Waals surface area contributed by atoms with Crippen molar-refractivity contribution in [3.8, 4) is 11.1 Å². The van der Waals surface area contributed by atoms with Crippen molar-refractivity contribution in [1.82, 2.24) is 15.2 Å². The summed E-state index contributed by atoms with van der Waals surface area (Å²) in [5.74, 6) is 0.243. The monoisotopic (exact) mass is 407 g/mol. The van der Waals surface area contributed by atoms with Gasteiger partial charge in [-0.05, 0) is 50.3 Å². The lowest BCUT2D eigenvalue weighted by Gasteiger charge is -2.42. The number of nitrogens with zero attached hydrogens (tertiary/aromatic N) is 2.